The van der Waals surface area contributed by atoms with Gasteiger partial charge < -0.3 is 15.4 Å². The summed E-state index contributed by atoms with van der Waals surface area (Å²) in [6.45, 7) is 9.54. The van der Waals surface area contributed by atoms with Crippen LogP contribution in [0.2, 0.25) is 0 Å². The average Bonchev–Trinajstić information content (AvgIpc) is 2.63. The molecule has 2 N–H and O–H groups in total. The molecule has 0 aliphatic rings. The van der Waals surface area contributed by atoms with Crippen molar-refractivity contribution in [3.8, 4) is 0 Å². The fraction of sp³-hybridized carbons (Fsp3) is 0.348. The molecule has 0 aliphatic heterocycles. The predicted octanol–water partition coefficient (Wildman–Crippen LogP) is 3.86. The maximum Gasteiger partial charge on any atom is 0.338 e. The largest absolute Gasteiger partial charge is 0.454 e. The van der Waals surface area contributed by atoms with E-state index in [1.54, 1.807) is 24.3 Å². The highest BCUT2D eigenvalue weighted by Crippen LogP contribution is 2.17. The van der Waals surface area contributed by atoms with Crippen LogP contribution in [0.1, 0.15) is 56.8 Å². The molecule has 0 radical (unpaired) electrons. The standard InChI is InChI=1S/C23H28N2O4/c1-14(2)25-23(28)24-12-18-6-8-19(9-7-18)22(27)29-13-20(26)21-16(4)10-15(3)11-17(21)5/h6-11,14H,12-13H2,1-5H3,(H2,24,25,28). The summed E-state index contributed by atoms with van der Waals surface area (Å²) >= 11 is 0. The second-order valence-corrected chi connectivity index (χ2v) is 7.45. The van der Waals surface area contributed by atoms with E-state index in [0.29, 0.717) is 17.7 Å². The summed E-state index contributed by atoms with van der Waals surface area (Å²) < 4.78 is 5.20. The summed E-state index contributed by atoms with van der Waals surface area (Å²) in [5, 5.41) is 5.48. The number of urea groups is 1. The van der Waals surface area contributed by atoms with Crippen LogP contribution in [0, 0.1) is 20.8 Å². The number of rotatable bonds is 7. The summed E-state index contributed by atoms with van der Waals surface area (Å²) in [5.74, 6) is -0.775. The van der Waals surface area contributed by atoms with Crippen LogP contribution in [0.3, 0.4) is 0 Å². The number of esters is 1. The number of aryl methyl sites for hydroxylation is 3. The minimum atomic E-state index is -0.558. The first kappa shape index (κ1) is 22.1. The highest BCUT2D eigenvalue weighted by atomic mass is 16.5. The van der Waals surface area contributed by atoms with Crippen molar-refractivity contribution in [2.45, 2.75) is 47.2 Å². The molecule has 2 aromatic carbocycles. The third-order valence-electron chi connectivity index (χ3n) is 4.35. The summed E-state index contributed by atoms with van der Waals surface area (Å²) in [4.78, 5) is 36.3. The zero-order valence-corrected chi connectivity index (χ0v) is 17.6. The second-order valence-electron chi connectivity index (χ2n) is 7.45. The first-order valence-corrected chi connectivity index (χ1v) is 9.59. The maximum atomic E-state index is 12.5. The molecule has 2 aromatic rings. The molecule has 0 aliphatic carbocycles. The number of nitrogens with one attached hydrogen (secondary N) is 2. The van der Waals surface area contributed by atoms with Crippen LogP contribution in [0.5, 0.6) is 0 Å². The minimum Gasteiger partial charge on any atom is -0.454 e. The van der Waals surface area contributed by atoms with E-state index < -0.39 is 5.97 Å². The van der Waals surface area contributed by atoms with E-state index >= 15 is 0 Å². The van der Waals surface area contributed by atoms with Gasteiger partial charge in [-0.3, -0.25) is 4.79 Å². The molecule has 0 unspecified atom stereocenters. The lowest BCUT2D eigenvalue weighted by Gasteiger charge is -2.11. The number of carbonyl (C=O) groups is 3. The topological polar surface area (TPSA) is 84.5 Å². The van der Waals surface area contributed by atoms with Gasteiger partial charge in [-0.25, -0.2) is 9.59 Å². The molecular formula is C23H28N2O4. The van der Waals surface area contributed by atoms with Gasteiger partial charge in [-0.2, -0.15) is 0 Å². The van der Waals surface area contributed by atoms with Crippen molar-refractivity contribution in [3.05, 3.63) is 69.8 Å². The van der Waals surface area contributed by atoms with Crippen molar-refractivity contribution >= 4 is 17.8 Å². The molecule has 0 spiro atoms. The molecular weight excluding hydrogens is 368 g/mol. The molecule has 6 heteroatoms. The van der Waals surface area contributed by atoms with E-state index in [-0.39, 0.29) is 24.5 Å². The zero-order valence-electron chi connectivity index (χ0n) is 17.6. The minimum absolute atomic E-state index is 0.0577. The SMILES string of the molecule is Cc1cc(C)c(C(=O)COC(=O)c2ccc(CNC(=O)NC(C)C)cc2)c(C)c1. The van der Waals surface area contributed by atoms with Crippen molar-refractivity contribution in [2.75, 3.05) is 6.61 Å². The van der Waals surface area contributed by atoms with Crippen LogP contribution in [-0.2, 0) is 11.3 Å². The van der Waals surface area contributed by atoms with Crippen LogP contribution >= 0.6 is 0 Å². The number of ketones is 1. The third kappa shape index (κ3) is 6.45. The van der Waals surface area contributed by atoms with Crippen molar-refractivity contribution in [1.29, 1.82) is 0 Å². The Hall–Kier alpha value is -3.15. The van der Waals surface area contributed by atoms with Gasteiger partial charge in [0.15, 0.2) is 6.61 Å². The first-order chi connectivity index (χ1) is 13.7. The van der Waals surface area contributed by atoms with Gasteiger partial charge in [0.25, 0.3) is 0 Å². The monoisotopic (exact) mass is 396 g/mol. The van der Waals surface area contributed by atoms with Crippen LogP contribution in [0.25, 0.3) is 0 Å². The van der Waals surface area contributed by atoms with Crippen molar-refractivity contribution in [3.63, 3.8) is 0 Å². The van der Waals surface area contributed by atoms with E-state index in [1.165, 1.54) is 0 Å². The summed E-state index contributed by atoms with van der Waals surface area (Å²) in [6.07, 6.45) is 0. The van der Waals surface area contributed by atoms with Gasteiger partial charge in [0, 0.05) is 18.2 Å². The van der Waals surface area contributed by atoms with Crippen LogP contribution in [-0.4, -0.2) is 30.4 Å². The molecule has 2 rings (SSSR count). The Labute approximate surface area is 171 Å². The average molecular weight is 396 g/mol. The lowest BCUT2D eigenvalue weighted by Crippen LogP contribution is -2.39. The van der Waals surface area contributed by atoms with Crippen molar-refractivity contribution in [1.82, 2.24) is 10.6 Å². The van der Waals surface area contributed by atoms with Gasteiger partial charge in [0.2, 0.25) is 5.78 Å². The number of Topliss-reactive ketones (excluding diaryl/α,β-unsaturated/α-hetero) is 1. The fourth-order valence-corrected chi connectivity index (χ4v) is 3.16. The van der Waals surface area contributed by atoms with Crippen LogP contribution in [0.4, 0.5) is 4.79 Å². The Morgan fingerprint density at radius 1 is 0.966 bits per heavy atom. The lowest BCUT2D eigenvalue weighted by atomic mass is 9.97. The van der Waals surface area contributed by atoms with Gasteiger partial charge in [0.05, 0.1) is 5.56 Å². The molecule has 6 nitrogen and oxygen atoms in total. The Bertz CT molecular complexity index is 879. The first-order valence-electron chi connectivity index (χ1n) is 9.59. The van der Waals surface area contributed by atoms with Gasteiger partial charge in [0.1, 0.15) is 0 Å². The Morgan fingerprint density at radius 3 is 2.10 bits per heavy atom. The molecule has 0 saturated heterocycles. The predicted molar refractivity (Wildman–Crippen MR) is 112 cm³/mol. The van der Waals surface area contributed by atoms with E-state index in [9.17, 15) is 14.4 Å². The summed E-state index contributed by atoms with van der Waals surface area (Å²) in [7, 11) is 0. The molecule has 0 heterocycles. The molecule has 0 saturated carbocycles. The molecule has 154 valence electrons. The molecule has 0 aromatic heterocycles. The van der Waals surface area contributed by atoms with Crippen molar-refractivity contribution < 1.29 is 19.1 Å². The third-order valence-corrected chi connectivity index (χ3v) is 4.35. The zero-order chi connectivity index (χ0) is 21.6. The number of amides is 2. The molecule has 0 bridgehead atoms. The maximum absolute atomic E-state index is 12.5. The van der Waals surface area contributed by atoms with Gasteiger partial charge in [-0.15, -0.1) is 0 Å². The Balaban J connectivity index is 1.91. The van der Waals surface area contributed by atoms with Gasteiger partial charge in [-0.05, 0) is 63.4 Å². The fourth-order valence-electron chi connectivity index (χ4n) is 3.16. The summed E-state index contributed by atoms with van der Waals surface area (Å²) in [5.41, 5.74) is 4.64. The van der Waals surface area contributed by atoms with Crippen molar-refractivity contribution in [2.24, 2.45) is 0 Å². The van der Waals surface area contributed by atoms with Crippen LogP contribution in [0.15, 0.2) is 36.4 Å². The lowest BCUT2D eigenvalue weighted by molar-refractivity contribution is 0.0474. The van der Waals surface area contributed by atoms with Crippen LogP contribution < -0.4 is 10.6 Å². The summed E-state index contributed by atoms with van der Waals surface area (Å²) in [6, 6.07) is 10.4. The normalized spacial score (nSPS) is 10.6. The highest BCUT2D eigenvalue weighted by molar-refractivity contribution is 6.01. The smallest absolute Gasteiger partial charge is 0.338 e. The quantitative estimate of drug-likeness (QED) is 0.550. The number of benzene rings is 2. The molecule has 29 heavy (non-hydrogen) atoms. The number of hydrogen-bond acceptors (Lipinski definition) is 4. The highest BCUT2D eigenvalue weighted by Gasteiger charge is 2.16. The molecule has 2 amide bonds. The van der Waals surface area contributed by atoms with Gasteiger partial charge in [-0.1, -0.05) is 29.8 Å². The van der Waals surface area contributed by atoms with E-state index in [2.05, 4.69) is 10.6 Å². The number of carbonyl (C=O) groups excluding carboxylic acids is 3. The number of hydrogen-bond donors (Lipinski definition) is 2. The van der Waals surface area contributed by atoms with E-state index in [4.69, 9.17) is 4.74 Å². The second kappa shape index (κ2) is 9.87. The Morgan fingerprint density at radius 2 is 1.55 bits per heavy atom. The van der Waals surface area contributed by atoms with E-state index in [0.717, 1.165) is 22.3 Å². The molecule has 0 atom stereocenters. The van der Waals surface area contributed by atoms with Gasteiger partial charge >= 0.3 is 12.0 Å². The molecule has 0 fully saturated rings. The van der Waals surface area contributed by atoms with E-state index in [1.807, 2.05) is 46.8 Å². The number of ether oxygens (including phenoxy) is 1. The Kier molecular flexibility index (Phi) is 7.53.